The summed E-state index contributed by atoms with van der Waals surface area (Å²) in [5.74, 6) is -0.285. The Labute approximate surface area is 111 Å². The van der Waals surface area contributed by atoms with Gasteiger partial charge in [-0.25, -0.2) is 0 Å². The van der Waals surface area contributed by atoms with Gasteiger partial charge in [0, 0.05) is 6.54 Å². The van der Waals surface area contributed by atoms with Crippen molar-refractivity contribution in [1.29, 1.82) is 0 Å². The number of nitrogens with one attached hydrogen (secondary N) is 1. The van der Waals surface area contributed by atoms with Crippen molar-refractivity contribution in [3.63, 3.8) is 0 Å². The number of carbonyl (C=O) groups is 1. The number of benzene rings is 1. The Hall–Kier alpha value is -1.82. The van der Waals surface area contributed by atoms with Gasteiger partial charge in [-0.1, -0.05) is 18.2 Å². The molecule has 2 rings (SSSR count). The molecule has 1 amide bonds. The molecular formula is C13H10F3NOS. The molecule has 100 valence electrons. The first-order valence-electron chi connectivity index (χ1n) is 5.44. The fourth-order valence-electron chi connectivity index (χ4n) is 1.53. The standard InChI is InChI=1S/C13H10F3NOS/c14-13(15,16)10-4-1-3-9(7-10)8-17-12(18)11-5-2-6-19-11/h1-7H,8H2,(H,17,18). The van der Waals surface area contributed by atoms with Crippen LogP contribution < -0.4 is 5.32 Å². The van der Waals surface area contributed by atoms with Crippen LogP contribution in [0.3, 0.4) is 0 Å². The highest BCUT2D eigenvalue weighted by molar-refractivity contribution is 7.12. The molecular weight excluding hydrogens is 275 g/mol. The first-order valence-corrected chi connectivity index (χ1v) is 6.32. The Kier molecular flexibility index (Phi) is 3.90. The summed E-state index contributed by atoms with van der Waals surface area (Å²) in [4.78, 5) is 12.2. The summed E-state index contributed by atoms with van der Waals surface area (Å²) in [6.45, 7) is 0.0701. The number of amides is 1. The molecule has 0 bridgehead atoms. The van der Waals surface area contributed by atoms with Crippen molar-refractivity contribution in [1.82, 2.24) is 5.32 Å². The van der Waals surface area contributed by atoms with E-state index in [2.05, 4.69) is 5.32 Å². The largest absolute Gasteiger partial charge is 0.416 e. The lowest BCUT2D eigenvalue weighted by Crippen LogP contribution is -2.22. The second kappa shape index (κ2) is 5.44. The minimum Gasteiger partial charge on any atom is -0.347 e. The van der Waals surface area contributed by atoms with E-state index in [1.807, 2.05) is 0 Å². The van der Waals surface area contributed by atoms with Crippen molar-refractivity contribution in [2.75, 3.05) is 0 Å². The van der Waals surface area contributed by atoms with Crippen LogP contribution in [0.4, 0.5) is 13.2 Å². The monoisotopic (exact) mass is 285 g/mol. The van der Waals surface area contributed by atoms with Gasteiger partial charge in [-0.3, -0.25) is 4.79 Å². The van der Waals surface area contributed by atoms with Crippen LogP contribution in [0.15, 0.2) is 41.8 Å². The minimum absolute atomic E-state index is 0.0701. The molecule has 6 heteroatoms. The van der Waals surface area contributed by atoms with Crippen LogP contribution in [0.25, 0.3) is 0 Å². The number of halogens is 3. The highest BCUT2D eigenvalue weighted by Crippen LogP contribution is 2.29. The number of rotatable bonds is 3. The summed E-state index contributed by atoms with van der Waals surface area (Å²) >= 11 is 1.28. The van der Waals surface area contributed by atoms with Crippen molar-refractivity contribution in [2.45, 2.75) is 12.7 Å². The number of thiophene rings is 1. The van der Waals surface area contributed by atoms with E-state index in [9.17, 15) is 18.0 Å². The molecule has 0 aliphatic heterocycles. The van der Waals surface area contributed by atoms with Crippen molar-refractivity contribution in [3.05, 3.63) is 57.8 Å². The maximum atomic E-state index is 12.5. The minimum atomic E-state index is -4.37. The summed E-state index contributed by atoms with van der Waals surface area (Å²) in [5.41, 5.74) is -0.296. The van der Waals surface area contributed by atoms with Gasteiger partial charge in [0.05, 0.1) is 10.4 Å². The van der Waals surface area contributed by atoms with Gasteiger partial charge in [0.2, 0.25) is 0 Å². The normalized spacial score (nSPS) is 11.3. The van der Waals surface area contributed by atoms with E-state index < -0.39 is 11.7 Å². The maximum Gasteiger partial charge on any atom is 0.416 e. The fourth-order valence-corrected chi connectivity index (χ4v) is 2.17. The lowest BCUT2D eigenvalue weighted by Gasteiger charge is -2.09. The topological polar surface area (TPSA) is 29.1 Å². The predicted molar refractivity (Wildman–Crippen MR) is 66.9 cm³/mol. The van der Waals surface area contributed by atoms with Gasteiger partial charge in [-0.15, -0.1) is 11.3 Å². The van der Waals surface area contributed by atoms with E-state index in [1.54, 1.807) is 23.6 Å². The van der Waals surface area contributed by atoms with E-state index in [0.29, 0.717) is 10.4 Å². The average Bonchev–Trinajstić information content (AvgIpc) is 2.89. The molecule has 1 aromatic heterocycles. The van der Waals surface area contributed by atoms with Crippen molar-refractivity contribution in [3.8, 4) is 0 Å². The zero-order valence-corrected chi connectivity index (χ0v) is 10.5. The predicted octanol–water partition coefficient (Wildman–Crippen LogP) is 3.70. The van der Waals surface area contributed by atoms with Gasteiger partial charge < -0.3 is 5.32 Å². The first kappa shape index (κ1) is 13.6. The SMILES string of the molecule is O=C(NCc1cccc(C(F)(F)F)c1)c1cccs1. The Morgan fingerprint density at radius 3 is 2.63 bits per heavy atom. The van der Waals surface area contributed by atoms with E-state index in [1.165, 1.54) is 17.4 Å². The third-order valence-electron chi connectivity index (χ3n) is 2.45. The highest BCUT2D eigenvalue weighted by Gasteiger charge is 2.30. The van der Waals surface area contributed by atoms with Gasteiger partial charge in [0.15, 0.2) is 0 Å². The Bertz CT molecular complexity index is 564. The fraction of sp³-hybridized carbons (Fsp3) is 0.154. The van der Waals surface area contributed by atoms with Gasteiger partial charge in [0.1, 0.15) is 0 Å². The molecule has 0 unspecified atom stereocenters. The number of hydrogen-bond donors (Lipinski definition) is 1. The number of hydrogen-bond acceptors (Lipinski definition) is 2. The molecule has 0 spiro atoms. The van der Waals surface area contributed by atoms with Gasteiger partial charge in [0.25, 0.3) is 5.91 Å². The second-order valence-corrected chi connectivity index (χ2v) is 4.81. The van der Waals surface area contributed by atoms with E-state index in [4.69, 9.17) is 0 Å². The molecule has 1 heterocycles. The average molecular weight is 285 g/mol. The van der Waals surface area contributed by atoms with Crippen molar-refractivity contribution < 1.29 is 18.0 Å². The Morgan fingerprint density at radius 1 is 1.21 bits per heavy atom. The molecule has 0 fully saturated rings. The van der Waals surface area contributed by atoms with Gasteiger partial charge in [-0.05, 0) is 29.1 Å². The van der Waals surface area contributed by atoms with Crippen molar-refractivity contribution >= 4 is 17.2 Å². The van der Waals surface area contributed by atoms with E-state index in [0.717, 1.165) is 12.1 Å². The van der Waals surface area contributed by atoms with Gasteiger partial charge >= 0.3 is 6.18 Å². The quantitative estimate of drug-likeness (QED) is 0.915. The lowest BCUT2D eigenvalue weighted by atomic mass is 10.1. The highest BCUT2D eigenvalue weighted by atomic mass is 32.1. The Morgan fingerprint density at radius 2 is 2.00 bits per heavy atom. The third kappa shape index (κ3) is 3.57. The Balaban J connectivity index is 2.02. The molecule has 1 aromatic carbocycles. The molecule has 0 aliphatic carbocycles. The molecule has 0 atom stereocenters. The summed E-state index contributed by atoms with van der Waals surface area (Å²) in [5, 5.41) is 4.35. The molecule has 0 saturated carbocycles. The molecule has 2 nitrogen and oxygen atoms in total. The molecule has 0 saturated heterocycles. The zero-order valence-electron chi connectivity index (χ0n) is 9.70. The third-order valence-corrected chi connectivity index (χ3v) is 3.32. The summed E-state index contributed by atoms with van der Waals surface area (Å²) in [6, 6.07) is 8.31. The molecule has 1 N–H and O–H groups in total. The number of carbonyl (C=O) groups excluding carboxylic acids is 1. The van der Waals surface area contributed by atoms with Crippen LogP contribution in [0.1, 0.15) is 20.8 Å². The van der Waals surface area contributed by atoms with Crippen LogP contribution >= 0.6 is 11.3 Å². The van der Waals surface area contributed by atoms with E-state index in [-0.39, 0.29) is 12.5 Å². The van der Waals surface area contributed by atoms with Crippen molar-refractivity contribution in [2.24, 2.45) is 0 Å². The first-order chi connectivity index (χ1) is 8.97. The van der Waals surface area contributed by atoms with Crippen LogP contribution in [-0.4, -0.2) is 5.91 Å². The molecule has 2 aromatic rings. The summed E-state index contributed by atoms with van der Waals surface area (Å²) in [7, 11) is 0. The molecule has 0 aliphatic rings. The van der Waals surface area contributed by atoms with Gasteiger partial charge in [-0.2, -0.15) is 13.2 Å². The lowest BCUT2D eigenvalue weighted by molar-refractivity contribution is -0.137. The summed E-state index contributed by atoms with van der Waals surface area (Å²) in [6.07, 6.45) is -4.37. The molecule has 0 radical (unpaired) electrons. The van der Waals surface area contributed by atoms with Crippen LogP contribution in [-0.2, 0) is 12.7 Å². The number of alkyl halides is 3. The van der Waals surface area contributed by atoms with Crippen LogP contribution in [0.5, 0.6) is 0 Å². The maximum absolute atomic E-state index is 12.5. The summed E-state index contributed by atoms with van der Waals surface area (Å²) < 4.78 is 37.5. The second-order valence-electron chi connectivity index (χ2n) is 3.86. The smallest absolute Gasteiger partial charge is 0.347 e. The van der Waals surface area contributed by atoms with E-state index >= 15 is 0 Å². The van der Waals surface area contributed by atoms with Crippen LogP contribution in [0, 0.1) is 0 Å². The van der Waals surface area contributed by atoms with Crippen LogP contribution in [0.2, 0.25) is 0 Å². The zero-order chi connectivity index (χ0) is 13.9. The molecule has 19 heavy (non-hydrogen) atoms.